The van der Waals surface area contributed by atoms with Crippen molar-refractivity contribution < 1.29 is 19.1 Å². The Balaban J connectivity index is 1.59. The standard InChI is InChI=1S/C22H24N2O4/c1-3-24(22(26)10-7-17-6-4-5-16(2)13-17)15-21(25)23-18-8-9-19-20(14-18)28-12-11-27-19/h4-10,13-14H,3,11-12,15H2,1-2H3,(H,23,25)/b10-7+. The van der Waals surface area contributed by atoms with E-state index in [1.165, 1.54) is 11.0 Å². The van der Waals surface area contributed by atoms with Crippen LogP contribution in [-0.4, -0.2) is 43.0 Å². The number of aryl methyl sites for hydroxylation is 1. The third-order valence-corrected chi connectivity index (χ3v) is 4.31. The summed E-state index contributed by atoms with van der Waals surface area (Å²) in [4.78, 5) is 26.3. The van der Waals surface area contributed by atoms with Gasteiger partial charge in [-0.3, -0.25) is 9.59 Å². The predicted molar refractivity (Wildman–Crippen MR) is 109 cm³/mol. The van der Waals surface area contributed by atoms with Gasteiger partial charge in [-0.15, -0.1) is 0 Å². The summed E-state index contributed by atoms with van der Waals surface area (Å²) in [7, 11) is 0. The Kier molecular flexibility index (Phi) is 6.32. The van der Waals surface area contributed by atoms with E-state index in [2.05, 4.69) is 5.32 Å². The lowest BCUT2D eigenvalue weighted by molar-refractivity contribution is -0.130. The van der Waals surface area contributed by atoms with Crippen molar-refractivity contribution in [2.24, 2.45) is 0 Å². The molecular formula is C22H24N2O4. The molecule has 2 aromatic carbocycles. The molecule has 2 amide bonds. The van der Waals surface area contributed by atoms with Gasteiger partial charge in [0.25, 0.3) is 0 Å². The van der Waals surface area contributed by atoms with Gasteiger partial charge in [0.1, 0.15) is 19.8 Å². The quantitative estimate of drug-likeness (QED) is 0.781. The van der Waals surface area contributed by atoms with Gasteiger partial charge in [-0.25, -0.2) is 0 Å². The van der Waals surface area contributed by atoms with Crippen LogP contribution in [0.15, 0.2) is 48.5 Å². The Morgan fingerprint density at radius 1 is 1.11 bits per heavy atom. The highest BCUT2D eigenvalue weighted by Crippen LogP contribution is 2.32. The first kappa shape index (κ1) is 19.5. The van der Waals surface area contributed by atoms with Gasteiger partial charge in [-0.2, -0.15) is 0 Å². The zero-order valence-electron chi connectivity index (χ0n) is 16.1. The molecule has 6 nitrogen and oxygen atoms in total. The maximum Gasteiger partial charge on any atom is 0.247 e. The summed E-state index contributed by atoms with van der Waals surface area (Å²) in [5, 5.41) is 2.80. The van der Waals surface area contributed by atoms with Gasteiger partial charge < -0.3 is 19.7 Å². The lowest BCUT2D eigenvalue weighted by atomic mass is 10.1. The van der Waals surface area contributed by atoms with E-state index in [4.69, 9.17) is 9.47 Å². The van der Waals surface area contributed by atoms with E-state index < -0.39 is 0 Å². The molecule has 1 aliphatic rings. The van der Waals surface area contributed by atoms with Crippen molar-refractivity contribution in [2.75, 3.05) is 31.6 Å². The molecule has 3 rings (SSSR count). The summed E-state index contributed by atoms with van der Waals surface area (Å²) in [6.07, 6.45) is 3.26. The van der Waals surface area contributed by atoms with Crippen LogP contribution >= 0.6 is 0 Å². The Hall–Kier alpha value is -3.28. The summed E-state index contributed by atoms with van der Waals surface area (Å²) in [6.45, 7) is 5.25. The van der Waals surface area contributed by atoms with Gasteiger partial charge in [0.2, 0.25) is 11.8 Å². The highest BCUT2D eigenvalue weighted by atomic mass is 16.6. The second-order valence-corrected chi connectivity index (χ2v) is 6.51. The van der Waals surface area contributed by atoms with Gasteiger partial charge in [0.05, 0.1) is 0 Å². The molecule has 0 aliphatic carbocycles. The van der Waals surface area contributed by atoms with E-state index in [0.29, 0.717) is 36.9 Å². The van der Waals surface area contributed by atoms with Crippen LogP contribution in [-0.2, 0) is 9.59 Å². The number of carbonyl (C=O) groups excluding carboxylic acids is 2. The number of hydrogen-bond acceptors (Lipinski definition) is 4. The number of ether oxygens (including phenoxy) is 2. The van der Waals surface area contributed by atoms with Crippen LogP contribution in [0, 0.1) is 6.92 Å². The molecule has 1 heterocycles. The number of carbonyl (C=O) groups is 2. The SMILES string of the molecule is CCN(CC(=O)Nc1ccc2c(c1)OCCO2)C(=O)/C=C/c1cccc(C)c1. The van der Waals surface area contributed by atoms with Crippen LogP contribution in [0.2, 0.25) is 0 Å². The van der Waals surface area contributed by atoms with Crippen molar-refractivity contribution >= 4 is 23.6 Å². The molecule has 1 aliphatic heterocycles. The number of benzene rings is 2. The van der Waals surface area contributed by atoms with Crippen LogP contribution in [0.4, 0.5) is 5.69 Å². The van der Waals surface area contributed by atoms with E-state index in [-0.39, 0.29) is 18.4 Å². The number of rotatable bonds is 6. The Bertz CT molecular complexity index is 892. The second-order valence-electron chi connectivity index (χ2n) is 6.51. The number of hydrogen-bond donors (Lipinski definition) is 1. The van der Waals surface area contributed by atoms with Gasteiger partial charge in [-0.1, -0.05) is 29.8 Å². The number of nitrogens with zero attached hydrogens (tertiary/aromatic N) is 1. The summed E-state index contributed by atoms with van der Waals surface area (Å²) in [5.41, 5.74) is 2.68. The maximum atomic E-state index is 12.4. The molecule has 146 valence electrons. The second kappa shape index (κ2) is 9.08. The number of amides is 2. The van der Waals surface area contributed by atoms with Crippen LogP contribution in [0.3, 0.4) is 0 Å². The lowest BCUT2D eigenvalue weighted by Crippen LogP contribution is -2.36. The molecule has 2 aromatic rings. The normalized spacial score (nSPS) is 12.6. The summed E-state index contributed by atoms with van der Waals surface area (Å²) < 4.78 is 11.0. The van der Waals surface area contributed by atoms with E-state index in [0.717, 1.165) is 11.1 Å². The highest BCUT2D eigenvalue weighted by molar-refractivity contribution is 5.98. The van der Waals surface area contributed by atoms with Crippen LogP contribution in [0.5, 0.6) is 11.5 Å². The average molecular weight is 380 g/mol. The maximum absolute atomic E-state index is 12.4. The molecule has 0 fully saturated rings. The fraction of sp³-hybridized carbons (Fsp3) is 0.273. The molecule has 28 heavy (non-hydrogen) atoms. The fourth-order valence-electron chi connectivity index (χ4n) is 2.89. The van der Waals surface area contributed by atoms with Gasteiger partial charge >= 0.3 is 0 Å². The third kappa shape index (κ3) is 5.13. The highest BCUT2D eigenvalue weighted by Gasteiger charge is 2.16. The lowest BCUT2D eigenvalue weighted by Gasteiger charge is -2.20. The first-order valence-corrected chi connectivity index (χ1v) is 9.28. The Morgan fingerprint density at radius 2 is 1.89 bits per heavy atom. The Morgan fingerprint density at radius 3 is 2.64 bits per heavy atom. The van der Waals surface area contributed by atoms with Crippen molar-refractivity contribution in [2.45, 2.75) is 13.8 Å². The first-order chi connectivity index (χ1) is 13.5. The summed E-state index contributed by atoms with van der Waals surface area (Å²) in [5.74, 6) is 0.793. The van der Waals surface area contributed by atoms with Gasteiger partial charge in [0.15, 0.2) is 11.5 Å². The number of anilines is 1. The summed E-state index contributed by atoms with van der Waals surface area (Å²) >= 11 is 0. The van der Waals surface area contributed by atoms with E-state index in [9.17, 15) is 9.59 Å². The van der Waals surface area contributed by atoms with Crippen molar-refractivity contribution in [1.82, 2.24) is 4.90 Å². The topological polar surface area (TPSA) is 67.9 Å². The molecule has 0 spiro atoms. The van der Waals surface area contributed by atoms with Crippen LogP contribution in [0.1, 0.15) is 18.1 Å². The number of fused-ring (bicyclic) bond motifs is 1. The molecular weight excluding hydrogens is 356 g/mol. The molecule has 0 bridgehead atoms. The number of likely N-dealkylation sites (N-methyl/N-ethyl adjacent to an activating group) is 1. The van der Waals surface area contributed by atoms with Crippen molar-refractivity contribution in [3.8, 4) is 11.5 Å². The molecule has 0 saturated carbocycles. The van der Waals surface area contributed by atoms with Crippen molar-refractivity contribution in [1.29, 1.82) is 0 Å². The average Bonchev–Trinajstić information content (AvgIpc) is 2.70. The third-order valence-electron chi connectivity index (χ3n) is 4.31. The van der Waals surface area contributed by atoms with Crippen LogP contribution in [0.25, 0.3) is 6.08 Å². The minimum Gasteiger partial charge on any atom is -0.486 e. The van der Waals surface area contributed by atoms with Crippen molar-refractivity contribution in [3.05, 3.63) is 59.7 Å². The molecule has 0 radical (unpaired) electrons. The fourth-order valence-corrected chi connectivity index (χ4v) is 2.89. The molecule has 0 atom stereocenters. The van der Waals surface area contributed by atoms with Crippen LogP contribution < -0.4 is 14.8 Å². The van der Waals surface area contributed by atoms with Gasteiger partial charge in [-0.05, 0) is 37.6 Å². The minimum atomic E-state index is -0.268. The predicted octanol–water partition coefficient (Wildman–Crippen LogP) is 3.27. The zero-order valence-corrected chi connectivity index (χ0v) is 16.1. The monoisotopic (exact) mass is 380 g/mol. The Labute approximate surface area is 164 Å². The van der Waals surface area contributed by atoms with E-state index >= 15 is 0 Å². The number of nitrogens with one attached hydrogen (secondary N) is 1. The zero-order chi connectivity index (χ0) is 19.9. The van der Waals surface area contributed by atoms with Gasteiger partial charge in [0, 0.05) is 24.4 Å². The molecule has 0 unspecified atom stereocenters. The van der Waals surface area contributed by atoms with E-state index in [1.807, 2.05) is 38.1 Å². The summed E-state index contributed by atoms with van der Waals surface area (Å²) in [6, 6.07) is 13.1. The molecule has 0 aromatic heterocycles. The molecule has 1 N–H and O–H groups in total. The van der Waals surface area contributed by atoms with Crippen molar-refractivity contribution in [3.63, 3.8) is 0 Å². The largest absolute Gasteiger partial charge is 0.486 e. The first-order valence-electron chi connectivity index (χ1n) is 9.28. The minimum absolute atomic E-state index is 0.0259. The van der Waals surface area contributed by atoms with E-state index in [1.54, 1.807) is 24.3 Å². The molecule has 6 heteroatoms. The smallest absolute Gasteiger partial charge is 0.247 e. The molecule has 0 saturated heterocycles.